The van der Waals surface area contributed by atoms with Gasteiger partial charge in [-0.2, -0.15) is 12.2 Å². The molecule has 194 valence electrons. The second-order valence-corrected chi connectivity index (χ2v) is 8.76. The molecule has 0 amide bonds. The van der Waals surface area contributed by atoms with E-state index in [0.717, 1.165) is 24.0 Å². The van der Waals surface area contributed by atoms with Crippen molar-refractivity contribution in [2.75, 3.05) is 0 Å². The van der Waals surface area contributed by atoms with Gasteiger partial charge in [0.15, 0.2) is 0 Å². The Balaban J connectivity index is 0.000000192. The number of hydrogen-bond acceptors (Lipinski definition) is 2. The second kappa shape index (κ2) is 17.8. The summed E-state index contributed by atoms with van der Waals surface area (Å²) in [6.07, 6.45) is 16.7. The van der Waals surface area contributed by atoms with Crippen molar-refractivity contribution >= 4 is 0 Å². The minimum Gasteiger partial charge on any atom is -0.508 e. The summed E-state index contributed by atoms with van der Waals surface area (Å²) < 4.78 is 0. The SMILES string of the molecule is CC1=[C-]CC=C1.CC1=[C-]CC=C1.Oc1ccc(-c2ccccc2)cc1.Oc1ccc(-c2ccccc2)cc1.[Zr+2]. The summed E-state index contributed by atoms with van der Waals surface area (Å²) in [5.41, 5.74) is 7.13. The molecule has 2 aliphatic carbocycles. The molecule has 4 aromatic carbocycles. The van der Waals surface area contributed by atoms with Gasteiger partial charge in [0, 0.05) is 0 Å². The fraction of sp³-hybridized carbons (Fsp3) is 0.111. The van der Waals surface area contributed by atoms with Crippen LogP contribution in [0, 0.1) is 12.2 Å². The van der Waals surface area contributed by atoms with Gasteiger partial charge >= 0.3 is 26.2 Å². The van der Waals surface area contributed by atoms with E-state index in [1.807, 2.05) is 84.9 Å². The summed E-state index contributed by atoms with van der Waals surface area (Å²) >= 11 is 0. The maximum absolute atomic E-state index is 9.10. The summed E-state index contributed by atoms with van der Waals surface area (Å²) in [6, 6.07) is 34.6. The average Bonchev–Trinajstić information content (AvgIpc) is 3.65. The van der Waals surface area contributed by atoms with Crippen LogP contribution in [-0.4, -0.2) is 10.2 Å². The zero-order valence-electron chi connectivity index (χ0n) is 22.5. The van der Waals surface area contributed by atoms with Crippen molar-refractivity contribution in [3.63, 3.8) is 0 Å². The number of phenols is 2. The molecule has 4 aromatic rings. The van der Waals surface area contributed by atoms with E-state index < -0.39 is 0 Å². The number of aromatic hydroxyl groups is 2. The van der Waals surface area contributed by atoms with Crippen LogP contribution in [-0.2, 0) is 26.2 Å². The molecule has 0 fully saturated rings. The molecular weight excluding hydrogens is 556 g/mol. The molecule has 0 heterocycles. The quantitative estimate of drug-likeness (QED) is 0.229. The number of phenolic OH excluding ortho intramolecular Hbond substituents is 2. The molecule has 2 N–H and O–H groups in total. The summed E-state index contributed by atoms with van der Waals surface area (Å²) in [6.45, 7) is 4.12. The summed E-state index contributed by atoms with van der Waals surface area (Å²) in [5, 5.41) is 18.2. The van der Waals surface area contributed by atoms with Crippen molar-refractivity contribution < 1.29 is 36.4 Å². The summed E-state index contributed by atoms with van der Waals surface area (Å²) in [4.78, 5) is 0. The van der Waals surface area contributed by atoms with Crippen molar-refractivity contribution in [1.82, 2.24) is 0 Å². The van der Waals surface area contributed by atoms with Crippen LogP contribution in [0.4, 0.5) is 0 Å². The Morgan fingerprint density at radius 1 is 0.462 bits per heavy atom. The van der Waals surface area contributed by atoms with Gasteiger partial charge in [-0.1, -0.05) is 98.8 Å². The van der Waals surface area contributed by atoms with Crippen LogP contribution in [0.15, 0.2) is 145 Å². The Morgan fingerprint density at radius 2 is 0.769 bits per heavy atom. The van der Waals surface area contributed by atoms with E-state index in [9.17, 15) is 0 Å². The number of allylic oxidation sites excluding steroid dienone is 8. The Morgan fingerprint density at radius 3 is 1.00 bits per heavy atom. The van der Waals surface area contributed by atoms with Gasteiger partial charge in [-0.25, -0.2) is 23.3 Å². The number of rotatable bonds is 2. The van der Waals surface area contributed by atoms with E-state index in [1.54, 1.807) is 24.3 Å². The molecule has 0 aliphatic heterocycles. The first kappa shape index (κ1) is 31.5. The van der Waals surface area contributed by atoms with Gasteiger partial charge in [0.05, 0.1) is 0 Å². The molecule has 2 aliphatic rings. The smallest absolute Gasteiger partial charge is 0.508 e. The standard InChI is InChI=1S/2C12H10O.2C6H7.Zr/c2*13-12-8-6-11(7-9-12)10-4-2-1-3-5-10;2*1-6-4-2-3-5-6;/h2*1-9,13H;2*2,4H,3H2,1H3;/q;;2*-1;+2. The first-order valence-corrected chi connectivity index (χ1v) is 12.7. The van der Waals surface area contributed by atoms with Crippen LogP contribution in [0.25, 0.3) is 22.3 Å². The molecule has 0 saturated heterocycles. The van der Waals surface area contributed by atoms with Gasteiger partial charge in [0.25, 0.3) is 0 Å². The Bertz CT molecular complexity index is 1230. The fourth-order valence-corrected chi connectivity index (χ4v) is 3.60. The molecule has 39 heavy (non-hydrogen) atoms. The molecule has 0 atom stereocenters. The van der Waals surface area contributed by atoms with Gasteiger partial charge in [-0.3, -0.25) is 12.2 Å². The molecule has 6 rings (SSSR count). The van der Waals surface area contributed by atoms with Crippen molar-refractivity contribution in [1.29, 1.82) is 0 Å². The molecule has 0 saturated carbocycles. The van der Waals surface area contributed by atoms with Crippen molar-refractivity contribution in [3.05, 3.63) is 157 Å². The fourth-order valence-electron chi connectivity index (χ4n) is 3.60. The zero-order chi connectivity index (χ0) is 27.0. The normalized spacial score (nSPS) is 12.3. The third-order valence-electron chi connectivity index (χ3n) is 5.68. The molecule has 0 unspecified atom stereocenters. The maximum atomic E-state index is 9.10. The van der Waals surface area contributed by atoms with Crippen LogP contribution in [0.5, 0.6) is 11.5 Å². The molecule has 0 bridgehead atoms. The Hall–Kier alpha value is -3.68. The minimum atomic E-state index is 0. The first-order chi connectivity index (χ1) is 18.5. The molecule has 3 heteroatoms. The van der Waals surface area contributed by atoms with E-state index in [4.69, 9.17) is 10.2 Å². The third-order valence-corrected chi connectivity index (χ3v) is 5.68. The molecule has 0 aromatic heterocycles. The van der Waals surface area contributed by atoms with Gasteiger partial charge in [0.2, 0.25) is 0 Å². The van der Waals surface area contributed by atoms with Crippen LogP contribution in [0.3, 0.4) is 0 Å². The number of hydrogen-bond donors (Lipinski definition) is 2. The van der Waals surface area contributed by atoms with Gasteiger partial charge in [-0.15, -0.1) is 12.8 Å². The van der Waals surface area contributed by atoms with Crippen LogP contribution in [0.1, 0.15) is 26.7 Å². The van der Waals surface area contributed by atoms with E-state index in [1.165, 1.54) is 22.3 Å². The topological polar surface area (TPSA) is 40.5 Å². The van der Waals surface area contributed by atoms with E-state index in [-0.39, 0.29) is 26.2 Å². The average molecular weight is 590 g/mol. The molecule has 2 nitrogen and oxygen atoms in total. The minimum absolute atomic E-state index is 0. The monoisotopic (exact) mass is 588 g/mol. The molecule has 0 radical (unpaired) electrons. The van der Waals surface area contributed by atoms with E-state index in [0.29, 0.717) is 11.5 Å². The van der Waals surface area contributed by atoms with E-state index >= 15 is 0 Å². The van der Waals surface area contributed by atoms with Crippen molar-refractivity contribution in [2.45, 2.75) is 26.7 Å². The maximum Gasteiger partial charge on any atom is 2.00 e. The number of benzene rings is 4. The van der Waals surface area contributed by atoms with Crippen LogP contribution < -0.4 is 0 Å². The largest absolute Gasteiger partial charge is 2.00 e. The third kappa shape index (κ3) is 12.2. The van der Waals surface area contributed by atoms with Crippen LogP contribution >= 0.6 is 0 Å². The van der Waals surface area contributed by atoms with E-state index in [2.05, 4.69) is 50.3 Å². The molecule has 0 spiro atoms. The Kier molecular flexibility index (Phi) is 14.4. The molecular formula is C36H34O2Zr. The summed E-state index contributed by atoms with van der Waals surface area (Å²) in [7, 11) is 0. The van der Waals surface area contributed by atoms with Crippen LogP contribution in [0.2, 0.25) is 0 Å². The van der Waals surface area contributed by atoms with Crippen molar-refractivity contribution in [3.8, 4) is 33.8 Å². The first-order valence-electron chi connectivity index (χ1n) is 12.7. The van der Waals surface area contributed by atoms with Gasteiger partial charge in [-0.05, 0) is 46.5 Å². The van der Waals surface area contributed by atoms with Crippen molar-refractivity contribution in [2.24, 2.45) is 0 Å². The Labute approximate surface area is 252 Å². The predicted octanol–water partition coefficient (Wildman–Crippen LogP) is 9.51. The second-order valence-electron chi connectivity index (χ2n) is 8.76. The predicted molar refractivity (Wildman–Crippen MR) is 159 cm³/mol. The zero-order valence-corrected chi connectivity index (χ0v) is 25.0. The summed E-state index contributed by atoms with van der Waals surface area (Å²) in [5.74, 6) is 0.611. The van der Waals surface area contributed by atoms with Gasteiger partial charge in [0.1, 0.15) is 11.5 Å². The van der Waals surface area contributed by atoms with Gasteiger partial charge < -0.3 is 10.2 Å².